The Hall–Kier alpha value is -3.32. The quantitative estimate of drug-likeness (QED) is 0.607. The lowest BCUT2D eigenvalue weighted by molar-refractivity contribution is -0.123. The minimum atomic E-state index is -1.16. The number of urea groups is 1. The van der Waals surface area contributed by atoms with Crippen LogP contribution in [0.1, 0.15) is 16.7 Å². The highest BCUT2D eigenvalue weighted by Gasteiger charge is 2.59. The average molecular weight is 448 g/mol. The van der Waals surface area contributed by atoms with E-state index < -0.39 is 4.87 Å². The Labute approximate surface area is 190 Å². The van der Waals surface area contributed by atoms with Gasteiger partial charge in [-0.1, -0.05) is 48.5 Å². The monoisotopic (exact) mass is 447 g/mol. The predicted octanol–water partition coefficient (Wildman–Crippen LogP) is 5.11. The van der Waals surface area contributed by atoms with Gasteiger partial charge in [-0.3, -0.25) is 9.69 Å². The van der Waals surface area contributed by atoms with E-state index in [9.17, 15) is 14.0 Å². The number of para-hydroxylation sites is 1. The first-order valence-corrected chi connectivity index (χ1v) is 11.4. The Kier molecular flexibility index (Phi) is 5.13. The van der Waals surface area contributed by atoms with Gasteiger partial charge in [0.1, 0.15) is 5.82 Å². The number of amides is 3. The first-order chi connectivity index (χ1) is 15.5. The summed E-state index contributed by atoms with van der Waals surface area (Å²) in [6.07, 6.45) is 0. The average Bonchev–Trinajstić information content (AvgIpc) is 3.33. The summed E-state index contributed by atoms with van der Waals surface area (Å²) in [4.78, 5) is 29.3. The lowest BCUT2D eigenvalue weighted by Crippen LogP contribution is -2.51. The number of aryl methyl sites for hydroxylation is 1. The van der Waals surface area contributed by atoms with Crippen molar-refractivity contribution in [2.24, 2.45) is 0 Å². The second kappa shape index (κ2) is 7.98. The minimum Gasteiger partial charge on any atom is -0.308 e. The van der Waals surface area contributed by atoms with Crippen LogP contribution in [0.4, 0.5) is 20.6 Å². The fraction of sp³-hybridized carbons (Fsp3) is 0.200. The van der Waals surface area contributed by atoms with Crippen LogP contribution in [0.25, 0.3) is 0 Å². The number of nitrogens with zero attached hydrogens (tertiary/aromatic N) is 2. The van der Waals surface area contributed by atoms with Gasteiger partial charge in [-0.15, -0.1) is 11.8 Å². The van der Waals surface area contributed by atoms with Gasteiger partial charge >= 0.3 is 6.03 Å². The molecule has 0 unspecified atom stereocenters. The summed E-state index contributed by atoms with van der Waals surface area (Å²) in [5, 5.41) is 2.94. The van der Waals surface area contributed by atoms with Crippen LogP contribution in [0, 0.1) is 12.7 Å². The zero-order valence-electron chi connectivity index (χ0n) is 17.5. The fourth-order valence-corrected chi connectivity index (χ4v) is 5.90. The smallest absolute Gasteiger partial charge is 0.308 e. The van der Waals surface area contributed by atoms with E-state index in [2.05, 4.69) is 5.32 Å². The minimum absolute atomic E-state index is 0.109. The molecule has 1 atom stereocenters. The highest BCUT2D eigenvalue weighted by Crippen LogP contribution is 2.54. The van der Waals surface area contributed by atoms with Crippen LogP contribution in [0.3, 0.4) is 0 Å². The molecule has 1 saturated heterocycles. The van der Waals surface area contributed by atoms with Gasteiger partial charge in [0.05, 0.1) is 12.2 Å². The highest BCUT2D eigenvalue weighted by molar-refractivity contribution is 8.01. The molecule has 0 aromatic heterocycles. The molecule has 0 aliphatic carbocycles. The standard InChI is InChI=1S/C25H22FN3O2S/c1-17-7-6-9-19(15-17)27-24(31)29-13-14-32-25(29)20-10-3-5-12-22(20)28(23(25)30)16-18-8-2-4-11-21(18)26/h2-12,15H,13-14,16H2,1H3,(H,27,31)/t25-/m1/s1. The zero-order valence-corrected chi connectivity index (χ0v) is 18.4. The van der Waals surface area contributed by atoms with Gasteiger partial charge in [0.15, 0.2) is 4.87 Å². The number of hydrogen-bond donors (Lipinski definition) is 1. The molecule has 2 aliphatic rings. The number of carbonyl (C=O) groups excluding carboxylic acids is 2. The molecule has 2 heterocycles. The molecule has 3 aromatic carbocycles. The first kappa shape index (κ1) is 20.6. The topological polar surface area (TPSA) is 52.7 Å². The van der Waals surface area contributed by atoms with E-state index in [4.69, 9.17) is 0 Å². The van der Waals surface area contributed by atoms with Gasteiger partial charge in [-0.05, 0) is 36.8 Å². The lowest BCUT2D eigenvalue weighted by Gasteiger charge is -2.33. The lowest BCUT2D eigenvalue weighted by atomic mass is 10.1. The number of nitrogens with one attached hydrogen (secondary N) is 1. The van der Waals surface area contributed by atoms with Crippen LogP contribution >= 0.6 is 11.8 Å². The Balaban J connectivity index is 1.52. The highest BCUT2D eigenvalue weighted by atomic mass is 32.2. The van der Waals surface area contributed by atoms with Crippen molar-refractivity contribution in [2.75, 3.05) is 22.5 Å². The van der Waals surface area contributed by atoms with Crippen LogP contribution in [0.2, 0.25) is 0 Å². The molecule has 2 aliphatic heterocycles. The fourth-order valence-electron chi connectivity index (χ4n) is 4.44. The number of carbonyl (C=O) groups is 2. The van der Waals surface area contributed by atoms with Crippen LogP contribution in [0.5, 0.6) is 0 Å². The Morgan fingerprint density at radius 2 is 1.88 bits per heavy atom. The second-order valence-electron chi connectivity index (χ2n) is 7.94. The van der Waals surface area contributed by atoms with Crippen molar-refractivity contribution >= 4 is 35.1 Å². The molecule has 0 bridgehead atoms. The summed E-state index contributed by atoms with van der Waals surface area (Å²) < 4.78 is 14.4. The third-order valence-electron chi connectivity index (χ3n) is 5.90. The third kappa shape index (κ3) is 3.24. The molecule has 0 saturated carbocycles. The molecule has 32 heavy (non-hydrogen) atoms. The summed E-state index contributed by atoms with van der Waals surface area (Å²) in [5.41, 5.74) is 3.63. The summed E-state index contributed by atoms with van der Waals surface area (Å²) in [7, 11) is 0. The molecule has 1 spiro atoms. The molecule has 3 amide bonds. The molecule has 5 rings (SSSR count). The molecule has 1 fully saturated rings. The summed E-state index contributed by atoms with van der Waals surface area (Å²) in [6.45, 7) is 2.51. The molecule has 7 heteroatoms. The van der Waals surface area contributed by atoms with Gasteiger partial charge in [0.2, 0.25) is 0 Å². The van der Waals surface area contributed by atoms with E-state index in [1.54, 1.807) is 28.0 Å². The van der Waals surface area contributed by atoms with Crippen molar-refractivity contribution in [1.29, 1.82) is 0 Å². The Morgan fingerprint density at radius 3 is 2.69 bits per heavy atom. The van der Waals surface area contributed by atoms with Crippen molar-refractivity contribution in [1.82, 2.24) is 4.90 Å². The maximum atomic E-state index is 14.4. The van der Waals surface area contributed by atoms with Crippen LogP contribution in [-0.2, 0) is 16.2 Å². The molecular weight excluding hydrogens is 425 g/mol. The number of thioether (sulfide) groups is 1. The Bertz CT molecular complexity index is 1220. The van der Waals surface area contributed by atoms with Gasteiger partial charge < -0.3 is 10.2 Å². The van der Waals surface area contributed by atoms with Crippen molar-refractivity contribution in [3.8, 4) is 0 Å². The van der Waals surface area contributed by atoms with Crippen LogP contribution in [0.15, 0.2) is 72.8 Å². The van der Waals surface area contributed by atoms with Crippen molar-refractivity contribution < 1.29 is 14.0 Å². The van der Waals surface area contributed by atoms with E-state index >= 15 is 0 Å². The number of fused-ring (bicyclic) bond motifs is 2. The number of rotatable bonds is 3. The SMILES string of the molecule is Cc1cccc(NC(=O)N2CCS[C@]23C(=O)N(Cc2ccccc2F)c2ccccc23)c1. The number of hydrogen-bond acceptors (Lipinski definition) is 3. The number of anilines is 2. The Morgan fingerprint density at radius 1 is 1.09 bits per heavy atom. The molecule has 1 N–H and O–H groups in total. The third-order valence-corrected chi connectivity index (χ3v) is 7.32. The second-order valence-corrected chi connectivity index (χ2v) is 9.23. The maximum Gasteiger partial charge on any atom is 0.323 e. The number of halogens is 1. The number of benzene rings is 3. The molecule has 0 radical (unpaired) electrons. The van der Waals surface area contributed by atoms with E-state index in [1.165, 1.54) is 17.8 Å². The summed E-state index contributed by atoms with van der Waals surface area (Å²) in [6, 6.07) is 21.2. The van der Waals surface area contributed by atoms with Crippen molar-refractivity contribution in [2.45, 2.75) is 18.3 Å². The van der Waals surface area contributed by atoms with Crippen molar-refractivity contribution in [3.05, 3.63) is 95.3 Å². The van der Waals surface area contributed by atoms with E-state index in [0.29, 0.717) is 29.2 Å². The first-order valence-electron chi connectivity index (χ1n) is 10.4. The molecule has 3 aromatic rings. The normalized spacial score (nSPS) is 19.5. The van der Waals surface area contributed by atoms with Gasteiger partial charge in [0.25, 0.3) is 5.91 Å². The molecule has 5 nitrogen and oxygen atoms in total. The predicted molar refractivity (Wildman–Crippen MR) is 125 cm³/mol. The maximum absolute atomic E-state index is 14.4. The van der Waals surface area contributed by atoms with Crippen LogP contribution in [-0.4, -0.2) is 29.1 Å². The summed E-state index contributed by atoms with van der Waals surface area (Å²) in [5.74, 6) is 0.0604. The van der Waals surface area contributed by atoms with Gasteiger partial charge in [-0.2, -0.15) is 0 Å². The van der Waals surface area contributed by atoms with Crippen molar-refractivity contribution in [3.63, 3.8) is 0 Å². The summed E-state index contributed by atoms with van der Waals surface area (Å²) >= 11 is 1.45. The zero-order chi connectivity index (χ0) is 22.3. The van der Waals surface area contributed by atoms with E-state index in [0.717, 1.165) is 11.1 Å². The largest absolute Gasteiger partial charge is 0.323 e. The van der Waals surface area contributed by atoms with E-state index in [-0.39, 0.29) is 24.3 Å². The van der Waals surface area contributed by atoms with Gasteiger partial charge in [0, 0.05) is 29.1 Å². The molecular formula is C25H22FN3O2S. The molecule has 162 valence electrons. The van der Waals surface area contributed by atoms with Gasteiger partial charge in [-0.25, -0.2) is 9.18 Å². The van der Waals surface area contributed by atoms with Crippen LogP contribution < -0.4 is 10.2 Å². The van der Waals surface area contributed by atoms with E-state index in [1.807, 2.05) is 55.5 Å².